The second-order valence-corrected chi connectivity index (χ2v) is 8.53. The van der Waals surface area contributed by atoms with Gasteiger partial charge in [0.2, 0.25) is 0 Å². The van der Waals surface area contributed by atoms with Crippen molar-refractivity contribution in [2.75, 3.05) is 13.1 Å². The Balaban J connectivity index is 1.68. The number of halogens is 1. The van der Waals surface area contributed by atoms with E-state index >= 15 is 0 Å². The molecule has 0 bridgehead atoms. The number of hydrogen-bond acceptors (Lipinski definition) is 3. The first-order valence-electron chi connectivity index (χ1n) is 9.73. The summed E-state index contributed by atoms with van der Waals surface area (Å²) in [5.41, 5.74) is 1.92. The Hall–Kier alpha value is -2.44. The molecule has 150 valence electrons. The molecule has 1 amide bonds. The molecule has 0 aliphatic carbocycles. The van der Waals surface area contributed by atoms with Gasteiger partial charge in [-0.15, -0.1) is 0 Å². The molecule has 1 aromatic heterocycles. The predicted molar refractivity (Wildman–Crippen MR) is 118 cm³/mol. The van der Waals surface area contributed by atoms with E-state index in [2.05, 4.69) is 11.9 Å². The van der Waals surface area contributed by atoms with Crippen LogP contribution in [0.25, 0.3) is 10.9 Å². The van der Waals surface area contributed by atoms with Crippen LogP contribution in [-0.2, 0) is 6.54 Å². The minimum atomic E-state index is -0.177. The van der Waals surface area contributed by atoms with Crippen molar-refractivity contribution in [3.05, 3.63) is 73.7 Å². The zero-order chi connectivity index (χ0) is 20.5. The maximum absolute atomic E-state index is 13.0. The Morgan fingerprint density at radius 3 is 2.72 bits per heavy atom. The lowest BCUT2D eigenvalue weighted by Gasteiger charge is -2.31. The highest BCUT2D eigenvalue weighted by molar-refractivity contribution is 7.71. The largest absolute Gasteiger partial charge is 0.338 e. The van der Waals surface area contributed by atoms with Crippen LogP contribution in [0.15, 0.2) is 47.3 Å². The van der Waals surface area contributed by atoms with E-state index in [1.54, 1.807) is 30.3 Å². The number of H-pyrrole nitrogens is 1. The summed E-state index contributed by atoms with van der Waals surface area (Å²) in [5.74, 6) is 0.516. The van der Waals surface area contributed by atoms with Gasteiger partial charge in [-0.25, -0.2) is 0 Å². The van der Waals surface area contributed by atoms with E-state index in [4.69, 9.17) is 23.8 Å². The first-order valence-corrected chi connectivity index (χ1v) is 10.5. The van der Waals surface area contributed by atoms with Crippen LogP contribution in [0.3, 0.4) is 0 Å². The van der Waals surface area contributed by atoms with E-state index in [9.17, 15) is 9.59 Å². The highest BCUT2D eigenvalue weighted by Crippen LogP contribution is 2.19. The average Bonchev–Trinajstić information content (AvgIpc) is 2.71. The van der Waals surface area contributed by atoms with E-state index in [0.717, 1.165) is 31.5 Å². The van der Waals surface area contributed by atoms with E-state index in [1.807, 2.05) is 17.0 Å². The Bertz CT molecular complexity index is 1180. The summed E-state index contributed by atoms with van der Waals surface area (Å²) in [6.45, 7) is 4.07. The zero-order valence-corrected chi connectivity index (χ0v) is 17.7. The molecule has 3 aromatic rings. The molecule has 29 heavy (non-hydrogen) atoms. The summed E-state index contributed by atoms with van der Waals surface area (Å²) < 4.78 is 1.85. The summed E-state index contributed by atoms with van der Waals surface area (Å²) in [4.78, 5) is 30.9. The molecule has 7 heteroatoms. The van der Waals surface area contributed by atoms with Crippen LogP contribution in [0, 0.1) is 10.7 Å². The number of likely N-dealkylation sites (tertiary alicyclic amines) is 1. The number of benzene rings is 2. The first-order chi connectivity index (χ1) is 13.9. The summed E-state index contributed by atoms with van der Waals surface area (Å²) in [5, 5.41) is 1.15. The summed E-state index contributed by atoms with van der Waals surface area (Å²) >= 11 is 11.4. The second kappa shape index (κ2) is 8.13. The molecule has 5 nitrogen and oxygen atoms in total. The molecule has 1 aliphatic rings. The molecule has 0 unspecified atom stereocenters. The minimum Gasteiger partial charge on any atom is -0.338 e. The number of rotatable bonds is 3. The molecule has 1 fully saturated rings. The van der Waals surface area contributed by atoms with Gasteiger partial charge in [-0.05, 0) is 66.9 Å². The van der Waals surface area contributed by atoms with Gasteiger partial charge >= 0.3 is 0 Å². The van der Waals surface area contributed by atoms with Crippen molar-refractivity contribution in [1.82, 2.24) is 14.5 Å². The number of amides is 1. The molecule has 1 saturated heterocycles. The molecule has 1 atom stereocenters. The van der Waals surface area contributed by atoms with Crippen LogP contribution in [0.5, 0.6) is 0 Å². The summed E-state index contributed by atoms with van der Waals surface area (Å²) in [6.07, 6.45) is 2.18. The number of nitrogens with zero attached hydrogens (tertiary/aromatic N) is 2. The number of hydrogen-bond donors (Lipinski definition) is 1. The van der Waals surface area contributed by atoms with Crippen molar-refractivity contribution in [1.29, 1.82) is 0 Å². The van der Waals surface area contributed by atoms with Gasteiger partial charge in [-0.1, -0.05) is 30.7 Å². The fourth-order valence-corrected chi connectivity index (χ4v) is 4.24. The lowest BCUT2D eigenvalue weighted by Crippen LogP contribution is -2.39. The van der Waals surface area contributed by atoms with Gasteiger partial charge < -0.3 is 9.88 Å². The Labute approximate surface area is 178 Å². The monoisotopic (exact) mass is 427 g/mol. The lowest BCUT2D eigenvalue weighted by molar-refractivity contribution is 0.0683. The summed E-state index contributed by atoms with van der Waals surface area (Å²) in [7, 11) is 0. The number of piperidine rings is 1. The first kappa shape index (κ1) is 19.9. The number of nitrogens with one attached hydrogen (secondary N) is 1. The van der Waals surface area contributed by atoms with Gasteiger partial charge in [0, 0.05) is 23.7 Å². The standard InChI is InChI=1S/C22H22ClN3O2S/c1-14-3-2-10-25(12-14)20(27)16-6-9-18-19(11-16)24-22(29)26(21(18)28)13-15-4-7-17(23)8-5-15/h4-9,11,14H,2-3,10,12-13H2,1H3,(H,24,29)/t14-/m0/s1. The third kappa shape index (κ3) is 4.14. The quantitative estimate of drug-likeness (QED) is 0.620. The van der Waals surface area contributed by atoms with Gasteiger partial charge in [-0.2, -0.15) is 0 Å². The van der Waals surface area contributed by atoms with E-state index in [-0.39, 0.29) is 11.5 Å². The SMILES string of the molecule is C[C@H]1CCCN(C(=O)c2ccc3c(=O)n(Cc4ccc(Cl)cc4)c(=S)[nH]c3c2)C1. The molecule has 1 N–H and O–H groups in total. The third-order valence-electron chi connectivity index (χ3n) is 5.43. The van der Waals surface area contributed by atoms with Crippen LogP contribution in [0.2, 0.25) is 5.02 Å². The molecule has 4 rings (SSSR count). The van der Waals surface area contributed by atoms with Gasteiger partial charge in [0.15, 0.2) is 4.77 Å². The van der Waals surface area contributed by atoms with Crippen LogP contribution in [0.4, 0.5) is 0 Å². The van der Waals surface area contributed by atoms with Crippen molar-refractivity contribution < 1.29 is 4.79 Å². The van der Waals surface area contributed by atoms with Crippen molar-refractivity contribution in [3.63, 3.8) is 0 Å². The van der Waals surface area contributed by atoms with Crippen molar-refractivity contribution in [2.24, 2.45) is 5.92 Å². The van der Waals surface area contributed by atoms with E-state index < -0.39 is 0 Å². The minimum absolute atomic E-state index is 0.00288. The second-order valence-electron chi connectivity index (χ2n) is 7.71. The third-order valence-corrected chi connectivity index (χ3v) is 6.00. The number of carbonyl (C=O) groups excluding carboxylic acids is 1. The molecule has 1 aliphatic heterocycles. The maximum Gasteiger partial charge on any atom is 0.262 e. The molecule has 0 radical (unpaired) electrons. The van der Waals surface area contributed by atoms with Gasteiger partial charge in [0.05, 0.1) is 17.4 Å². The van der Waals surface area contributed by atoms with Crippen molar-refractivity contribution >= 4 is 40.6 Å². The number of aromatic nitrogens is 2. The Morgan fingerprint density at radius 2 is 2.00 bits per heavy atom. The van der Waals surface area contributed by atoms with Gasteiger partial charge in [0.25, 0.3) is 11.5 Å². The number of fused-ring (bicyclic) bond motifs is 1. The molecular weight excluding hydrogens is 406 g/mol. The maximum atomic E-state index is 13.0. The molecular formula is C22H22ClN3O2S. The normalized spacial score (nSPS) is 16.9. The van der Waals surface area contributed by atoms with Crippen LogP contribution in [0.1, 0.15) is 35.7 Å². The van der Waals surface area contributed by atoms with Gasteiger partial charge in [0.1, 0.15) is 0 Å². The number of aromatic amines is 1. The van der Waals surface area contributed by atoms with E-state index in [1.165, 1.54) is 4.57 Å². The topological polar surface area (TPSA) is 58.1 Å². The zero-order valence-electron chi connectivity index (χ0n) is 16.2. The van der Waals surface area contributed by atoms with Crippen LogP contribution < -0.4 is 5.56 Å². The van der Waals surface area contributed by atoms with Gasteiger partial charge in [-0.3, -0.25) is 14.2 Å². The fourth-order valence-electron chi connectivity index (χ4n) is 3.86. The lowest BCUT2D eigenvalue weighted by atomic mass is 9.99. The Morgan fingerprint density at radius 1 is 1.24 bits per heavy atom. The Kier molecular flexibility index (Phi) is 5.56. The van der Waals surface area contributed by atoms with Crippen molar-refractivity contribution in [2.45, 2.75) is 26.3 Å². The smallest absolute Gasteiger partial charge is 0.262 e. The molecule has 2 heterocycles. The summed E-state index contributed by atoms with van der Waals surface area (Å²) in [6, 6.07) is 12.5. The predicted octanol–water partition coefficient (Wildman–Crippen LogP) is 4.63. The highest BCUT2D eigenvalue weighted by Gasteiger charge is 2.22. The highest BCUT2D eigenvalue weighted by atomic mass is 35.5. The molecule has 0 spiro atoms. The van der Waals surface area contributed by atoms with Crippen LogP contribution >= 0.6 is 23.8 Å². The van der Waals surface area contributed by atoms with Crippen LogP contribution in [-0.4, -0.2) is 33.4 Å². The number of carbonyl (C=O) groups is 1. The molecule has 2 aromatic carbocycles. The van der Waals surface area contributed by atoms with E-state index in [0.29, 0.717) is 38.7 Å². The van der Waals surface area contributed by atoms with Crippen molar-refractivity contribution in [3.8, 4) is 0 Å². The average molecular weight is 428 g/mol. The molecule has 0 saturated carbocycles. The fraction of sp³-hybridized carbons (Fsp3) is 0.318.